The molecule has 1 saturated heterocycles. The zero-order valence-electron chi connectivity index (χ0n) is 20.5. The van der Waals surface area contributed by atoms with E-state index in [1.807, 2.05) is 13.8 Å². The topological polar surface area (TPSA) is 145 Å². The van der Waals surface area contributed by atoms with Crippen LogP contribution >= 0.6 is 7.52 Å². The summed E-state index contributed by atoms with van der Waals surface area (Å²) in [7, 11) is -7.99. The number of hydrogen-bond acceptors (Lipinski definition) is 6. The van der Waals surface area contributed by atoms with E-state index in [4.69, 9.17) is 0 Å². The Balaban J connectivity index is 2.01. The Hall–Kier alpha value is -2.23. The molecule has 1 aromatic carbocycles. The van der Waals surface area contributed by atoms with E-state index in [2.05, 4.69) is 35.6 Å². The van der Waals surface area contributed by atoms with Gasteiger partial charge in [0.25, 0.3) is 0 Å². The molecule has 2 aliphatic rings. The Bertz CT molecular complexity index is 1220. The molecule has 0 aliphatic carbocycles. The summed E-state index contributed by atoms with van der Waals surface area (Å²) < 4.78 is 42.3. The van der Waals surface area contributed by atoms with Crippen LogP contribution in [0.3, 0.4) is 0 Å². The summed E-state index contributed by atoms with van der Waals surface area (Å²) in [5, 5.41) is 2.78. The predicted molar refractivity (Wildman–Crippen MR) is 133 cm³/mol. The monoisotopic (exact) mass is 512 g/mol. The highest BCUT2D eigenvalue weighted by atomic mass is 32.2. The minimum atomic E-state index is -4.39. The number of carbonyl (C=O) groups excluding carboxylic acids is 2. The first-order valence-electron chi connectivity index (χ1n) is 11.0. The highest BCUT2D eigenvalue weighted by molar-refractivity contribution is 7.92. The van der Waals surface area contributed by atoms with Gasteiger partial charge in [0.2, 0.25) is 15.9 Å². The van der Waals surface area contributed by atoms with Crippen LogP contribution in [0.25, 0.3) is 0 Å². The molecule has 10 nitrogen and oxygen atoms in total. The van der Waals surface area contributed by atoms with Gasteiger partial charge in [-0.05, 0) is 42.9 Å². The number of ketones is 1. The third-order valence-electron chi connectivity index (χ3n) is 6.44. The molecule has 1 fully saturated rings. The number of rotatable bonds is 6. The lowest BCUT2D eigenvalue weighted by Gasteiger charge is -2.38. The van der Waals surface area contributed by atoms with Crippen molar-refractivity contribution >= 4 is 51.7 Å². The molecule has 34 heavy (non-hydrogen) atoms. The number of sulfonamides is 1. The van der Waals surface area contributed by atoms with E-state index in [9.17, 15) is 27.5 Å². The molecule has 1 amide bonds. The molecular weight excluding hydrogens is 479 g/mol. The molecule has 3 unspecified atom stereocenters. The highest BCUT2D eigenvalue weighted by Gasteiger charge is 2.59. The maximum Gasteiger partial charge on any atom is 0.345 e. The van der Waals surface area contributed by atoms with Gasteiger partial charge in [-0.1, -0.05) is 34.6 Å². The maximum atomic E-state index is 13.6. The zero-order valence-corrected chi connectivity index (χ0v) is 22.3. The second-order valence-electron chi connectivity index (χ2n) is 10.7. The Morgan fingerprint density at radius 3 is 2.44 bits per heavy atom. The number of nitrogens with one attached hydrogen (secondary N) is 2. The van der Waals surface area contributed by atoms with Crippen molar-refractivity contribution < 1.29 is 27.5 Å². The van der Waals surface area contributed by atoms with Crippen LogP contribution in [0.5, 0.6) is 0 Å². The van der Waals surface area contributed by atoms with E-state index >= 15 is 0 Å². The van der Waals surface area contributed by atoms with Gasteiger partial charge in [-0.15, -0.1) is 0 Å². The third kappa shape index (κ3) is 4.92. The van der Waals surface area contributed by atoms with Gasteiger partial charge in [-0.3, -0.25) is 18.9 Å². The van der Waals surface area contributed by atoms with E-state index in [1.54, 1.807) is 11.8 Å². The Morgan fingerprint density at radius 1 is 1.29 bits per heavy atom. The molecule has 188 valence electrons. The zero-order chi connectivity index (χ0) is 25.9. The number of benzene rings is 1. The molecule has 0 spiro atoms. The lowest BCUT2D eigenvalue weighted by Crippen LogP contribution is -2.52. The molecule has 2 aliphatic heterocycles. The molecule has 0 aromatic heterocycles. The number of anilines is 2. The fourth-order valence-corrected chi connectivity index (χ4v) is 6.07. The van der Waals surface area contributed by atoms with Gasteiger partial charge in [0.05, 0.1) is 17.2 Å². The van der Waals surface area contributed by atoms with Crippen molar-refractivity contribution in [2.75, 3.05) is 22.8 Å². The van der Waals surface area contributed by atoms with Crippen molar-refractivity contribution in [1.29, 1.82) is 0 Å². The van der Waals surface area contributed by atoms with Crippen molar-refractivity contribution in [1.82, 2.24) is 4.90 Å². The first-order valence-corrected chi connectivity index (χ1v) is 14.6. The molecule has 0 radical (unpaired) electrons. The number of hydrogen-bond donors (Lipinski definition) is 3. The number of Topliss-reactive ketones (excluding diaryl/α,β-unsaturated/α-hetero) is 1. The summed E-state index contributed by atoms with van der Waals surface area (Å²) in [4.78, 5) is 39.4. The largest absolute Gasteiger partial charge is 0.345 e. The molecule has 2 heterocycles. The van der Waals surface area contributed by atoms with Crippen molar-refractivity contribution in [3.8, 4) is 0 Å². The van der Waals surface area contributed by atoms with Gasteiger partial charge in [0.1, 0.15) is 11.4 Å². The SMILES string of the molecule is CC(C)C1(C)C(=O)C(C2=NP(=O)(O)c3cc(NS(C)(=O)=O)ccc3N2)C(=O)N1CCC(C)(C)C. The van der Waals surface area contributed by atoms with Crippen molar-refractivity contribution in [3.63, 3.8) is 0 Å². The average Bonchev–Trinajstić information content (AvgIpc) is 2.85. The Labute approximate surface area is 200 Å². The number of carbonyl (C=O) groups is 2. The Kier molecular flexibility index (Phi) is 6.56. The quantitative estimate of drug-likeness (QED) is 0.392. The van der Waals surface area contributed by atoms with Crippen LogP contribution < -0.4 is 15.3 Å². The molecule has 12 heteroatoms. The molecule has 1 aromatic rings. The number of fused-ring (bicyclic) bond motifs is 1. The lowest BCUT2D eigenvalue weighted by atomic mass is 9.81. The Morgan fingerprint density at radius 2 is 1.91 bits per heavy atom. The minimum absolute atomic E-state index is 0.0582. The molecule has 0 saturated carbocycles. The van der Waals surface area contributed by atoms with Gasteiger partial charge >= 0.3 is 7.52 Å². The standard InChI is InChI=1S/C22H33N4O6PS/c1-13(2)22(6)18(27)17(20(28)26(22)11-10-21(3,4)5)19-23-15-9-8-14(25-34(7,31)32)12-16(15)33(29,30)24-19/h8-9,12-13,17,25H,10-11H2,1-7H3,(H2,23,24,29,30). The lowest BCUT2D eigenvalue weighted by molar-refractivity contribution is -0.134. The summed E-state index contributed by atoms with van der Waals surface area (Å²) in [6.45, 7) is 12.0. The summed E-state index contributed by atoms with van der Waals surface area (Å²) in [6.07, 6.45) is 1.65. The van der Waals surface area contributed by atoms with Gasteiger partial charge in [-0.25, -0.2) is 8.42 Å². The summed E-state index contributed by atoms with van der Waals surface area (Å²) >= 11 is 0. The van der Waals surface area contributed by atoms with Crippen LogP contribution in [0.15, 0.2) is 23.0 Å². The van der Waals surface area contributed by atoms with Crippen LogP contribution in [0.1, 0.15) is 48.0 Å². The fraction of sp³-hybridized carbons (Fsp3) is 0.591. The fourth-order valence-electron chi connectivity index (χ4n) is 4.20. The minimum Gasteiger partial charge on any atom is -0.342 e. The number of nitrogens with zero attached hydrogens (tertiary/aromatic N) is 2. The second-order valence-corrected chi connectivity index (χ2v) is 14.2. The molecule has 3 atom stereocenters. The van der Waals surface area contributed by atoms with Gasteiger partial charge < -0.3 is 15.1 Å². The van der Waals surface area contributed by atoms with Crippen molar-refractivity contribution in [3.05, 3.63) is 18.2 Å². The van der Waals surface area contributed by atoms with E-state index in [0.717, 1.165) is 6.26 Å². The van der Waals surface area contributed by atoms with E-state index in [1.165, 1.54) is 18.2 Å². The molecular formula is C22H33N4O6PS. The maximum absolute atomic E-state index is 13.6. The smallest absolute Gasteiger partial charge is 0.342 e. The first kappa shape index (κ1) is 26.4. The van der Waals surface area contributed by atoms with E-state index in [-0.39, 0.29) is 39.6 Å². The molecule has 3 rings (SSSR count). The average molecular weight is 513 g/mol. The van der Waals surface area contributed by atoms with E-state index in [0.29, 0.717) is 13.0 Å². The highest BCUT2D eigenvalue weighted by Crippen LogP contribution is 2.49. The van der Waals surface area contributed by atoms with Crippen LogP contribution in [0.2, 0.25) is 0 Å². The summed E-state index contributed by atoms with van der Waals surface area (Å²) in [6, 6.07) is 4.06. The molecule has 3 N–H and O–H groups in total. The summed E-state index contributed by atoms with van der Waals surface area (Å²) in [5.41, 5.74) is -0.850. The first-order chi connectivity index (χ1) is 15.4. The van der Waals surface area contributed by atoms with E-state index < -0.39 is 34.9 Å². The summed E-state index contributed by atoms with van der Waals surface area (Å²) in [5.74, 6) is -2.49. The number of likely N-dealkylation sites (tertiary alicyclic amines) is 1. The van der Waals surface area contributed by atoms with Crippen molar-refractivity contribution in [2.45, 2.75) is 53.5 Å². The normalized spacial score (nSPS) is 27.5. The second kappa shape index (κ2) is 8.46. The van der Waals surface area contributed by atoms with Gasteiger partial charge in [0, 0.05) is 12.2 Å². The van der Waals surface area contributed by atoms with Crippen LogP contribution in [0, 0.1) is 17.3 Å². The van der Waals surface area contributed by atoms with Crippen LogP contribution in [-0.4, -0.2) is 54.1 Å². The molecule has 0 bridgehead atoms. The van der Waals surface area contributed by atoms with Crippen LogP contribution in [-0.2, 0) is 24.2 Å². The van der Waals surface area contributed by atoms with Gasteiger partial charge in [0.15, 0.2) is 11.7 Å². The predicted octanol–water partition coefficient (Wildman–Crippen LogP) is 2.57. The van der Waals surface area contributed by atoms with Crippen molar-refractivity contribution in [2.24, 2.45) is 22.0 Å². The van der Waals surface area contributed by atoms with Gasteiger partial charge in [-0.2, -0.15) is 4.76 Å². The third-order valence-corrected chi connectivity index (χ3v) is 8.53. The number of amidine groups is 1. The number of amides is 1. The van der Waals surface area contributed by atoms with Crippen LogP contribution in [0.4, 0.5) is 11.4 Å².